The Morgan fingerprint density at radius 2 is 2.11 bits per heavy atom. The minimum atomic E-state index is -0.387. The first-order valence-corrected chi connectivity index (χ1v) is 5.66. The molecule has 0 aliphatic heterocycles. The molecule has 0 saturated carbocycles. The lowest BCUT2D eigenvalue weighted by atomic mass is 10.1. The number of benzene rings is 1. The highest BCUT2D eigenvalue weighted by Crippen LogP contribution is 2.32. The Balaban J connectivity index is 2.70. The van der Waals surface area contributed by atoms with Crippen LogP contribution in [-0.2, 0) is 0 Å². The highest BCUT2D eigenvalue weighted by molar-refractivity contribution is 5.71. The van der Waals surface area contributed by atoms with Gasteiger partial charge in [-0.15, -0.1) is 10.2 Å². The molecular weight excluding hydrogens is 232 g/mol. The minimum absolute atomic E-state index is 0.0601. The van der Waals surface area contributed by atoms with Crippen LogP contribution in [0.4, 0.5) is 5.69 Å². The molecule has 6 heteroatoms. The topological polar surface area (TPSA) is 73.8 Å². The molecule has 0 N–H and O–H groups in total. The molecule has 2 aromatic rings. The monoisotopic (exact) mass is 246 g/mol. The van der Waals surface area contributed by atoms with Gasteiger partial charge in [0.1, 0.15) is 6.33 Å². The van der Waals surface area contributed by atoms with Crippen LogP contribution in [0.1, 0.15) is 25.5 Å². The first kappa shape index (κ1) is 12.2. The third-order valence-corrected chi connectivity index (χ3v) is 2.80. The molecule has 18 heavy (non-hydrogen) atoms. The van der Waals surface area contributed by atoms with Gasteiger partial charge < -0.3 is 4.57 Å². The number of hydrogen-bond acceptors (Lipinski definition) is 4. The molecule has 0 unspecified atom stereocenters. The quantitative estimate of drug-likeness (QED) is 0.616. The van der Waals surface area contributed by atoms with Crippen LogP contribution in [0.15, 0.2) is 24.5 Å². The molecule has 1 aromatic heterocycles. The Bertz CT molecular complexity index is 590. The van der Waals surface area contributed by atoms with Gasteiger partial charge in [-0.2, -0.15) is 0 Å². The van der Waals surface area contributed by atoms with Crippen LogP contribution < -0.4 is 0 Å². The SMILES string of the molecule is Cc1cccc([N+](=O)[O-])c1-c1nncn1C(C)C. The summed E-state index contributed by atoms with van der Waals surface area (Å²) in [6.45, 7) is 5.80. The second-order valence-electron chi connectivity index (χ2n) is 4.38. The zero-order chi connectivity index (χ0) is 13.3. The molecule has 0 spiro atoms. The van der Waals surface area contributed by atoms with Crippen molar-refractivity contribution in [2.24, 2.45) is 0 Å². The first-order valence-electron chi connectivity index (χ1n) is 5.66. The maximum atomic E-state index is 11.1. The van der Waals surface area contributed by atoms with E-state index in [1.807, 2.05) is 31.4 Å². The number of aryl methyl sites for hydroxylation is 1. The van der Waals surface area contributed by atoms with Crippen molar-refractivity contribution in [3.63, 3.8) is 0 Å². The molecule has 0 atom stereocenters. The fourth-order valence-electron chi connectivity index (χ4n) is 1.89. The van der Waals surface area contributed by atoms with E-state index in [0.29, 0.717) is 11.4 Å². The average Bonchev–Trinajstić information content (AvgIpc) is 2.77. The molecule has 0 aliphatic carbocycles. The van der Waals surface area contributed by atoms with Gasteiger partial charge >= 0.3 is 0 Å². The molecular formula is C12H14N4O2. The number of hydrogen-bond donors (Lipinski definition) is 0. The third-order valence-electron chi connectivity index (χ3n) is 2.80. The van der Waals surface area contributed by atoms with Gasteiger partial charge in [0, 0.05) is 12.1 Å². The van der Waals surface area contributed by atoms with Gasteiger partial charge in [-0.1, -0.05) is 12.1 Å². The molecule has 0 saturated heterocycles. The van der Waals surface area contributed by atoms with E-state index >= 15 is 0 Å². The molecule has 0 radical (unpaired) electrons. The zero-order valence-corrected chi connectivity index (χ0v) is 10.5. The van der Waals surface area contributed by atoms with Crippen molar-refractivity contribution in [2.45, 2.75) is 26.8 Å². The smallest absolute Gasteiger partial charge is 0.280 e. The van der Waals surface area contributed by atoms with Gasteiger partial charge in [0.2, 0.25) is 0 Å². The summed E-state index contributed by atoms with van der Waals surface area (Å²) in [5.41, 5.74) is 1.41. The average molecular weight is 246 g/mol. The van der Waals surface area contributed by atoms with Gasteiger partial charge in [-0.3, -0.25) is 10.1 Å². The molecule has 0 aliphatic rings. The van der Waals surface area contributed by atoms with Crippen molar-refractivity contribution < 1.29 is 4.92 Å². The van der Waals surface area contributed by atoms with Gasteiger partial charge in [0.15, 0.2) is 5.82 Å². The van der Waals surface area contributed by atoms with Crippen molar-refractivity contribution in [1.82, 2.24) is 14.8 Å². The van der Waals surface area contributed by atoms with Gasteiger partial charge in [0.25, 0.3) is 5.69 Å². The highest BCUT2D eigenvalue weighted by Gasteiger charge is 2.22. The van der Waals surface area contributed by atoms with Gasteiger partial charge in [0.05, 0.1) is 10.5 Å². The number of nitro groups is 1. The summed E-state index contributed by atoms with van der Waals surface area (Å²) in [5, 5.41) is 19.0. The van der Waals surface area contributed by atoms with Crippen LogP contribution in [0.5, 0.6) is 0 Å². The minimum Gasteiger partial charge on any atom is -0.311 e. The Labute approximate surface area is 104 Å². The standard InChI is InChI=1S/C12H14N4O2/c1-8(2)15-7-13-14-12(15)11-9(3)5-4-6-10(11)16(17)18/h4-8H,1-3H3. The number of aromatic nitrogens is 3. The normalized spacial score (nSPS) is 10.9. The van der Waals surface area contributed by atoms with E-state index in [1.54, 1.807) is 12.4 Å². The fourth-order valence-corrected chi connectivity index (χ4v) is 1.89. The van der Waals surface area contributed by atoms with Crippen LogP contribution in [0, 0.1) is 17.0 Å². The Morgan fingerprint density at radius 3 is 2.72 bits per heavy atom. The molecule has 1 aromatic carbocycles. The van der Waals surface area contributed by atoms with Crippen LogP contribution in [0.3, 0.4) is 0 Å². The summed E-state index contributed by atoms with van der Waals surface area (Å²) in [5.74, 6) is 0.537. The van der Waals surface area contributed by atoms with E-state index in [9.17, 15) is 10.1 Å². The van der Waals surface area contributed by atoms with Gasteiger partial charge in [-0.25, -0.2) is 0 Å². The van der Waals surface area contributed by atoms with Crippen LogP contribution >= 0.6 is 0 Å². The fraction of sp³-hybridized carbons (Fsp3) is 0.333. The molecule has 1 heterocycles. The number of rotatable bonds is 3. The van der Waals surface area contributed by atoms with Gasteiger partial charge in [-0.05, 0) is 26.3 Å². The summed E-state index contributed by atoms with van der Waals surface area (Å²) in [4.78, 5) is 10.7. The molecule has 0 amide bonds. The maximum absolute atomic E-state index is 11.1. The first-order chi connectivity index (χ1) is 8.52. The summed E-state index contributed by atoms with van der Waals surface area (Å²) in [7, 11) is 0. The van der Waals surface area contributed by atoms with Crippen molar-refractivity contribution in [3.8, 4) is 11.4 Å². The molecule has 2 rings (SSSR count). The molecule has 94 valence electrons. The molecule has 0 bridgehead atoms. The Kier molecular flexibility index (Phi) is 3.10. The van der Waals surface area contributed by atoms with E-state index in [-0.39, 0.29) is 16.7 Å². The van der Waals surface area contributed by atoms with Crippen molar-refractivity contribution >= 4 is 5.69 Å². The van der Waals surface area contributed by atoms with Crippen molar-refractivity contribution in [1.29, 1.82) is 0 Å². The Morgan fingerprint density at radius 1 is 1.39 bits per heavy atom. The van der Waals surface area contributed by atoms with E-state index in [1.165, 1.54) is 6.07 Å². The number of nitro benzene ring substituents is 1. The van der Waals surface area contributed by atoms with E-state index in [0.717, 1.165) is 5.56 Å². The lowest BCUT2D eigenvalue weighted by Gasteiger charge is -2.11. The second kappa shape index (κ2) is 4.56. The lowest BCUT2D eigenvalue weighted by molar-refractivity contribution is -0.384. The van der Waals surface area contributed by atoms with Crippen LogP contribution in [0.25, 0.3) is 11.4 Å². The summed E-state index contributed by atoms with van der Waals surface area (Å²) < 4.78 is 1.83. The van der Waals surface area contributed by atoms with Crippen molar-refractivity contribution in [2.75, 3.05) is 0 Å². The zero-order valence-electron chi connectivity index (χ0n) is 10.5. The maximum Gasteiger partial charge on any atom is 0.280 e. The summed E-state index contributed by atoms with van der Waals surface area (Å²) in [6.07, 6.45) is 1.59. The van der Waals surface area contributed by atoms with E-state index in [4.69, 9.17) is 0 Å². The lowest BCUT2D eigenvalue weighted by Crippen LogP contribution is -2.04. The van der Waals surface area contributed by atoms with E-state index < -0.39 is 0 Å². The van der Waals surface area contributed by atoms with Crippen LogP contribution in [0.2, 0.25) is 0 Å². The Hall–Kier alpha value is -2.24. The van der Waals surface area contributed by atoms with E-state index in [2.05, 4.69) is 10.2 Å². The number of nitrogens with zero attached hydrogens (tertiary/aromatic N) is 4. The van der Waals surface area contributed by atoms with Crippen molar-refractivity contribution in [3.05, 3.63) is 40.2 Å². The molecule has 0 fully saturated rings. The second-order valence-corrected chi connectivity index (χ2v) is 4.38. The predicted molar refractivity (Wildman–Crippen MR) is 67.2 cm³/mol. The summed E-state index contributed by atoms with van der Waals surface area (Å²) >= 11 is 0. The molecule has 6 nitrogen and oxygen atoms in total. The third kappa shape index (κ3) is 1.97. The largest absolute Gasteiger partial charge is 0.311 e. The highest BCUT2D eigenvalue weighted by atomic mass is 16.6. The van der Waals surface area contributed by atoms with Crippen LogP contribution in [-0.4, -0.2) is 19.7 Å². The predicted octanol–water partition coefficient (Wildman–Crippen LogP) is 2.74. The summed E-state index contributed by atoms with van der Waals surface area (Å²) in [6, 6.07) is 5.14.